The predicted molar refractivity (Wildman–Crippen MR) is 103 cm³/mol. The van der Waals surface area contributed by atoms with Crippen molar-refractivity contribution in [3.63, 3.8) is 0 Å². The molecule has 0 bridgehead atoms. The summed E-state index contributed by atoms with van der Waals surface area (Å²) in [4.78, 5) is 9.18. The van der Waals surface area contributed by atoms with E-state index in [0.29, 0.717) is 24.2 Å². The molecule has 6 heteroatoms. The third kappa shape index (κ3) is 7.55. The molecule has 0 spiro atoms. The lowest BCUT2D eigenvalue weighted by Gasteiger charge is -2.18. The molecule has 0 aliphatic heterocycles. The normalized spacial score (nSPS) is 12.3. The van der Waals surface area contributed by atoms with Gasteiger partial charge < -0.3 is 4.74 Å². The lowest BCUT2D eigenvalue weighted by molar-refractivity contribution is -0.139. The summed E-state index contributed by atoms with van der Waals surface area (Å²) in [5, 5.41) is 0. The highest BCUT2D eigenvalue weighted by Crippen LogP contribution is 2.37. The van der Waals surface area contributed by atoms with Crippen LogP contribution in [0.5, 0.6) is 0 Å². The minimum absolute atomic E-state index is 0.193. The SMILES string of the molecule is CCOC=O.Cc1cc(C)cc(C(/C=C/c2ccc(C)c(F)c2)C(F)(F)F)c1. The van der Waals surface area contributed by atoms with Crippen molar-refractivity contribution in [1.29, 1.82) is 0 Å². The number of rotatable bonds is 5. The molecule has 0 N–H and O–H groups in total. The van der Waals surface area contributed by atoms with Gasteiger partial charge in [-0.15, -0.1) is 0 Å². The molecule has 2 nitrogen and oxygen atoms in total. The lowest BCUT2D eigenvalue weighted by Crippen LogP contribution is -2.19. The fourth-order valence-corrected chi connectivity index (χ4v) is 2.59. The van der Waals surface area contributed by atoms with Gasteiger partial charge in [-0.1, -0.05) is 53.6 Å². The largest absolute Gasteiger partial charge is 0.468 e. The molecular weight excluding hydrogens is 372 g/mol. The van der Waals surface area contributed by atoms with E-state index >= 15 is 0 Å². The Bertz CT molecular complexity index is 790. The van der Waals surface area contributed by atoms with Gasteiger partial charge in [0.05, 0.1) is 12.5 Å². The standard InChI is InChI=1S/C19H18F4.C3H6O2/c1-12-8-13(2)10-16(9-12)17(19(21,22)23)7-6-15-5-4-14(3)18(20)11-15;1-2-5-3-4/h4-11,17H,1-3H3;3H,2H2,1H3/b7-6+;. The highest BCUT2D eigenvalue weighted by molar-refractivity contribution is 5.52. The number of hydrogen-bond acceptors (Lipinski definition) is 2. The summed E-state index contributed by atoms with van der Waals surface area (Å²) >= 11 is 0. The van der Waals surface area contributed by atoms with Crippen LogP contribution >= 0.6 is 0 Å². The summed E-state index contributed by atoms with van der Waals surface area (Å²) < 4.78 is 57.8. The van der Waals surface area contributed by atoms with Crippen molar-refractivity contribution >= 4 is 12.5 Å². The zero-order chi connectivity index (χ0) is 21.3. The van der Waals surface area contributed by atoms with E-state index in [2.05, 4.69) is 4.74 Å². The first-order valence-electron chi connectivity index (χ1n) is 8.73. The molecule has 0 aliphatic carbocycles. The van der Waals surface area contributed by atoms with Crippen molar-refractivity contribution in [2.24, 2.45) is 0 Å². The summed E-state index contributed by atoms with van der Waals surface area (Å²) in [5.41, 5.74) is 2.63. The van der Waals surface area contributed by atoms with Gasteiger partial charge in [-0.2, -0.15) is 13.2 Å². The maximum Gasteiger partial charge on any atom is 0.399 e. The number of carbonyl (C=O) groups excluding carboxylic acids is 1. The van der Waals surface area contributed by atoms with Gasteiger partial charge in [0.15, 0.2) is 0 Å². The van der Waals surface area contributed by atoms with Crippen LogP contribution in [0.4, 0.5) is 17.6 Å². The Hall–Kier alpha value is -2.63. The highest BCUT2D eigenvalue weighted by atomic mass is 19.4. The maximum atomic E-state index is 13.5. The molecule has 0 aliphatic rings. The van der Waals surface area contributed by atoms with Crippen LogP contribution in [-0.2, 0) is 9.53 Å². The van der Waals surface area contributed by atoms with Crippen molar-refractivity contribution in [1.82, 2.24) is 0 Å². The number of halogens is 4. The van der Waals surface area contributed by atoms with E-state index in [1.54, 1.807) is 39.8 Å². The number of hydrogen-bond donors (Lipinski definition) is 0. The Morgan fingerprint density at radius 3 is 2.07 bits per heavy atom. The van der Waals surface area contributed by atoms with E-state index in [0.717, 1.165) is 17.2 Å². The van der Waals surface area contributed by atoms with Crippen LogP contribution in [0.1, 0.15) is 40.7 Å². The summed E-state index contributed by atoms with van der Waals surface area (Å²) in [7, 11) is 0. The third-order valence-electron chi connectivity index (χ3n) is 3.87. The molecule has 0 aromatic heterocycles. The summed E-state index contributed by atoms with van der Waals surface area (Å²) in [5.74, 6) is -2.15. The topological polar surface area (TPSA) is 26.3 Å². The van der Waals surface area contributed by atoms with E-state index in [-0.39, 0.29) is 5.56 Å². The summed E-state index contributed by atoms with van der Waals surface area (Å²) in [6.07, 6.45) is -2.00. The van der Waals surface area contributed by atoms with E-state index < -0.39 is 17.9 Å². The molecule has 0 heterocycles. The average Bonchev–Trinajstić information content (AvgIpc) is 2.57. The fourth-order valence-electron chi connectivity index (χ4n) is 2.59. The summed E-state index contributed by atoms with van der Waals surface area (Å²) in [6, 6.07) is 9.28. The van der Waals surface area contributed by atoms with E-state index in [4.69, 9.17) is 0 Å². The van der Waals surface area contributed by atoms with Crippen molar-refractivity contribution < 1.29 is 27.1 Å². The van der Waals surface area contributed by atoms with Crippen LogP contribution < -0.4 is 0 Å². The van der Waals surface area contributed by atoms with Gasteiger partial charge in [0.25, 0.3) is 6.47 Å². The number of allylic oxidation sites excluding steroid dienone is 1. The van der Waals surface area contributed by atoms with Gasteiger partial charge in [-0.3, -0.25) is 4.79 Å². The van der Waals surface area contributed by atoms with Gasteiger partial charge in [-0.25, -0.2) is 4.39 Å². The van der Waals surface area contributed by atoms with Crippen LogP contribution in [0.2, 0.25) is 0 Å². The van der Waals surface area contributed by atoms with Crippen molar-refractivity contribution in [3.8, 4) is 0 Å². The second-order valence-corrected chi connectivity index (χ2v) is 6.36. The van der Waals surface area contributed by atoms with Crippen molar-refractivity contribution in [2.45, 2.75) is 39.8 Å². The van der Waals surface area contributed by atoms with E-state index in [9.17, 15) is 22.4 Å². The Morgan fingerprint density at radius 1 is 1.04 bits per heavy atom. The maximum absolute atomic E-state index is 13.5. The van der Waals surface area contributed by atoms with Crippen LogP contribution in [0.3, 0.4) is 0 Å². The van der Waals surface area contributed by atoms with Crippen LogP contribution in [-0.4, -0.2) is 19.3 Å². The second-order valence-electron chi connectivity index (χ2n) is 6.36. The molecule has 2 rings (SSSR count). The Balaban J connectivity index is 0.000000696. The molecule has 0 radical (unpaired) electrons. The zero-order valence-electron chi connectivity index (χ0n) is 16.3. The van der Waals surface area contributed by atoms with E-state index in [1.165, 1.54) is 24.3 Å². The Labute approximate surface area is 162 Å². The molecule has 0 amide bonds. The average molecular weight is 396 g/mol. The molecule has 28 heavy (non-hydrogen) atoms. The number of ether oxygens (including phenoxy) is 1. The number of carbonyl (C=O) groups is 1. The lowest BCUT2D eigenvalue weighted by atomic mass is 9.94. The number of alkyl halides is 3. The molecule has 0 saturated heterocycles. The quantitative estimate of drug-likeness (QED) is 0.439. The molecule has 152 valence electrons. The molecule has 0 fully saturated rings. The van der Waals surface area contributed by atoms with E-state index in [1.807, 2.05) is 6.07 Å². The van der Waals surface area contributed by atoms with Gasteiger partial charge in [0.1, 0.15) is 5.82 Å². The molecule has 2 aromatic rings. The van der Waals surface area contributed by atoms with Crippen LogP contribution in [0.15, 0.2) is 42.5 Å². The number of aryl methyl sites for hydroxylation is 3. The van der Waals surface area contributed by atoms with Crippen LogP contribution in [0.25, 0.3) is 6.08 Å². The first kappa shape index (κ1) is 23.4. The first-order valence-corrected chi connectivity index (χ1v) is 8.73. The molecular formula is C22H24F4O2. The molecule has 0 saturated carbocycles. The van der Waals surface area contributed by atoms with Crippen LogP contribution in [0, 0.1) is 26.6 Å². The smallest absolute Gasteiger partial charge is 0.399 e. The van der Waals surface area contributed by atoms with Crippen molar-refractivity contribution in [3.05, 3.63) is 76.1 Å². The second kappa shape index (κ2) is 10.6. The molecule has 1 unspecified atom stereocenters. The minimum atomic E-state index is -4.40. The molecule has 2 aromatic carbocycles. The Morgan fingerprint density at radius 2 is 1.64 bits per heavy atom. The molecule has 1 atom stereocenters. The zero-order valence-corrected chi connectivity index (χ0v) is 16.3. The summed E-state index contributed by atoms with van der Waals surface area (Å²) in [6.45, 7) is 7.81. The van der Waals surface area contributed by atoms with Gasteiger partial charge in [0.2, 0.25) is 0 Å². The third-order valence-corrected chi connectivity index (χ3v) is 3.87. The predicted octanol–water partition coefficient (Wildman–Crippen LogP) is 6.29. The van der Waals surface area contributed by atoms with Gasteiger partial charge >= 0.3 is 6.18 Å². The first-order chi connectivity index (χ1) is 13.1. The monoisotopic (exact) mass is 396 g/mol. The highest BCUT2D eigenvalue weighted by Gasteiger charge is 2.39. The Kier molecular flexibility index (Phi) is 8.89. The minimum Gasteiger partial charge on any atom is -0.468 e. The van der Waals surface area contributed by atoms with Gasteiger partial charge in [-0.05, 0) is 50.5 Å². The number of benzene rings is 2. The van der Waals surface area contributed by atoms with Crippen molar-refractivity contribution in [2.75, 3.05) is 6.61 Å². The fraction of sp³-hybridized carbons (Fsp3) is 0.318. The van der Waals surface area contributed by atoms with Gasteiger partial charge in [0, 0.05) is 0 Å².